The lowest BCUT2D eigenvalue weighted by Crippen LogP contribution is -1.98. The van der Waals surface area contributed by atoms with E-state index in [1.54, 1.807) is 10.9 Å². The summed E-state index contributed by atoms with van der Waals surface area (Å²) in [5, 5.41) is 8.44. The Morgan fingerprint density at radius 2 is 2.31 bits per heavy atom. The largest absolute Gasteiger partial charge is 0.478 e. The quantitative estimate of drug-likeness (QED) is 0.706. The Morgan fingerprint density at radius 1 is 1.50 bits per heavy atom. The highest BCUT2D eigenvalue weighted by Gasteiger charge is 2.05. The van der Waals surface area contributed by atoms with E-state index in [9.17, 15) is 4.79 Å². The Bertz CT molecular complexity index is 560. The van der Waals surface area contributed by atoms with Crippen molar-refractivity contribution >= 4 is 23.0 Å². The lowest BCUT2D eigenvalue weighted by atomic mass is 10.4. The predicted octanol–water partition coefficient (Wildman–Crippen LogP) is 0.0493. The first-order valence-electron chi connectivity index (χ1n) is 4.49. The van der Waals surface area contributed by atoms with Crippen LogP contribution in [0, 0.1) is 0 Å². The molecule has 7 heteroatoms. The number of carbonyl (C=O) groups is 1. The zero-order valence-electron chi connectivity index (χ0n) is 8.24. The molecule has 0 saturated heterocycles. The topological polar surface area (TPSA) is 107 Å². The maximum atomic E-state index is 10.3. The van der Waals surface area contributed by atoms with Gasteiger partial charge in [-0.2, -0.15) is 0 Å². The van der Waals surface area contributed by atoms with Gasteiger partial charge in [0.25, 0.3) is 0 Å². The highest BCUT2D eigenvalue weighted by Crippen LogP contribution is 2.13. The molecule has 0 fully saturated rings. The number of carboxylic acids is 1. The molecule has 0 bridgehead atoms. The first kappa shape index (κ1) is 10.1. The van der Waals surface area contributed by atoms with E-state index in [0.29, 0.717) is 23.5 Å². The number of nitrogen functional groups attached to an aromatic ring is 1. The summed E-state index contributed by atoms with van der Waals surface area (Å²) in [5.41, 5.74) is 6.71. The molecule has 3 N–H and O–H groups in total. The lowest BCUT2D eigenvalue weighted by molar-refractivity contribution is -0.131. The lowest BCUT2D eigenvalue weighted by Gasteiger charge is -1.98. The molecule has 0 radical (unpaired) electrons. The minimum Gasteiger partial charge on any atom is -0.478 e. The maximum Gasteiger partial charge on any atom is 0.328 e. The van der Waals surface area contributed by atoms with Crippen LogP contribution in [0.4, 0.5) is 5.82 Å². The van der Waals surface area contributed by atoms with E-state index in [-0.39, 0.29) is 0 Å². The molecular formula is C9H9N5O2. The van der Waals surface area contributed by atoms with E-state index in [1.807, 2.05) is 0 Å². The average Bonchev–Trinajstić information content (AvgIpc) is 2.63. The van der Waals surface area contributed by atoms with Crippen LogP contribution >= 0.6 is 0 Å². The predicted molar refractivity (Wildman–Crippen MR) is 56.5 cm³/mol. The maximum absolute atomic E-state index is 10.3. The third-order valence-corrected chi connectivity index (χ3v) is 1.99. The Balaban J connectivity index is 2.32. The number of nitrogens with two attached hydrogens (primary N) is 1. The number of imidazole rings is 1. The standard InChI is InChI=1S/C9H9N5O2/c10-8-7-9(12-4-11-8)14(5-13-7)3-1-2-6(15)16/h1-2,4-5H,3H2,(H,15,16)(H2,10,11,12). The first-order chi connectivity index (χ1) is 7.68. The second kappa shape index (κ2) is 3.97. The van der Waals surface area contributed by atoms with Crippen LogP contribution < -0.4 is 5.73 Å². The molecule has 2 aromatic rings. The van der Waals surface area contributed by atoms with Crippen LogP contribution in [0.1, 0.15) is 0 Å². The molecule has 0 amide bonds. The summed E-state index contributed by atoms with van der Waals surface area (Å²) >= 11 is 0. The smallest absolute Gasteiger partial charge is 0.328 e. The van der Waals surface area contributed by atoms with Crippen molar-refractivity contribution in [3.63, 3.8) is 0 Å². The van der Waals surface area contributed by atoms with Gasteiger partial charge in [-0.15, -0.1) is 0 Å². The number of anilines is 1. The molecular weight excluding hydrogens is 210 g/mol. The number of hydrogen-bond donors (Lipinski definition) is 2. The van der Waals surface area contributed by atoms with E-state index >= 15 is 0 Å². The SMILES string of the molecule is Nc1ncnc2c1ncn2CC=CC(=O)O. The van der Waals surface area contributed by atoms with Crippen LogP contribution in [0.3, 0.4) is 0 Å². The molecule has 16 heavy (non-hydrogen) atoms. The minimum atomic E-state index is -0.987. The number of fused-ring (bicyclic) bond motifs is 1. The molecule has 2 rings (SSSR count). The van der Waals surface area contributed by atoms with Crippen LogP contribution in [0.15, 0.2) is 24.8 Å². The summed E-state index contributed by atoms with van der Waals surface area (Å²) in [6.45, 7) is 0.374. The number of hydrogen-bond acceptors (Lipinski definition) is 5. The van der Waals surface area contributed by atoms with Gasteiger partial charge in [-0.05, 0) is 0 Å². The van der Waals surface area contributed by atoms with E-state index < -0.39 is 5.97 Å². The molecule has 0 saturated carbocycles. The number of nitrogens with zero attached hydrogens (tertiary/aromatic N) is 4. The van der Waals surface area contributed by atoms with Crippen molar-refractivity contribution in [1.82, 2.24) is 19.5 Å². The zero-order chi connectivity index (χ0) is 11.5. The fraction of sp³-hybridized carbons (Fsp3) is 0.111. The van der Waals surface area contributed by atoms with Crippen molar-refractivity contribution in [3.05, 3.63) is 24.8 Å². The fourth-order valence-corrected chi connectivity index (χ4v) is 1.30. The van der Waals surface area contributed by atoms with Crippen molar-refractivity contribution in [2.45, 2.75) is 6.54 Å². The zero-order valence-corrected chi connectivity index (χ0v) is 8.24. The number of carboxylic acid groups (broad SMARTS) is 1. The van der Waals surface area contributed by atoms with E-state index in [1.165, 1.54) is 12.4 Å². The number of aromatic nitrogens is 4. The van der Waals surface area contributed by atoms with Crippen LogP contribution in [0.5, 0.6) is 0 Å². The molecule has 0 unspecified atom stereocenters. The van der Waals surface area contributed by atoms with Crippen molar-refractivity contribution in [3.8, 4) is 0 Å². The van der Waals surface area contributed by atoms with Gasteiger partial charge in [0.15, 0.2) is 11.5 Å². The van der Waals surface area contributed by atoms with E-state index in [0.717, 1.165) is 6.08 Å². The normalized spacial score (nSPS) is 11.2. The first-order valence-corrected chi connectivity index (χ1v) is 4.49. The Morgan fingerprint density at radius 3 is 3.06 bits per heavy atom. The monoisotopic (exact) mass is 219 g/mol. The Kier molecular flexibility index (Phi) is 2.50. The summed E-state index contributed by atoms with van der Waals surface area (Å²) in [6.07, 6.45) is 5.46. The van der Waals surface area contributed by atoms with Crippen molar-refractivity contribution in [2.75, 3.05) is 5.73 Å². The molecule has 7 nitrogen and oxygen atoms in total. The number of aliphatic carboxylic acids is 1. The van der Waals surface area contributed by atoms with Crippen LogP contribution in [-0.2, 0) is 11.3 Å². The van der Waals surface area contributed by atoms with E-state index in [2.05, 4.69) is 15.0 Å². The molecule has 0 aliphatic carbocycles. The van der Waals surface area contributed by atoms with Crippen molar-refractivity contribution in [1.29, 1.82) is 0 Å². The molecule has 0 aliphatic rings. The summed E-state index contributed by atoms with van der Waals surface area (Å²) < 4.78 is 1.69. The average molecular weight is 219 g/mol. The van der Waals surface area contributed by atoms with Gasteiger partial charge in [-0.25, -0.2) is 19.7 Å². The Labute approximate surface area is 90.3 Å². The highest BCUT2D eigenvalue weighted by molar-refractivity contribution is 5.81. The van der Waals surface area contributed by atoms with Gasteiger partial charge < -0.3 is 15.4 Å². The molecule has 0 aliphatic heterocycles. The second-order valence-corrected chi connectivity index (χ2v) is 3.07. The molecule has 0 aromatic carbocycles. The molecule has 0 atom stereocenters. The number of allylic oxidation sites excluding steroid dienone is 1. The fourth-order valence-electron chi connectivity index (χ4n) is 1.30. The van der Waals surface area contributed by atoms with Crippen LogP contribution in [0.25, 0.3) is 11.2 Å². The summed E-state index contributed by atoms with van der Waals surface area (Å²) in [7, 11) is 0. The number of rotatable bonds is 3. The summed E-state index contributed by atoms with van der Waals surface area (Å²) in [4.78, 5) is 22.2. The third kappa shape index (κ3) is 1.83. The van der Waals surface area contributed by atoms with Gasteiger partial charge in [0.05, 0.1) is 6.33 Å². The van der Waals surface area contributed by atoms with Crippen molar-refractivity contribution < 1.29 is 9.90 Å². The Hall–Kier alpha value is -2.44. The summed E-state index contributed by atoms with van der Waals surface area (Å²) in [6, 6.07) is 0. The van der Waals surface area contributed by atoms with Gasteiger partial charge in [0.2, 0.25) is 0 Å². The third-order valence-electron chi connectivity index (χ3n) is 1.99. The second-order valence-electron chi connectivity index (χ2n) is 3.07. The van der Waals surface area contributed by atoms with Crippen molar-refractivity contribution in [2.24, 2.45) is 0 Å². The highest BCUT2D eigenvalue weighted by atomic mass is 16.4. The van der Waals surface area contributed by atoms with Gasteiger partial charge in [0, 0.05) is 12.6 Å². The van der Waals surface area contributed by atoms with Gasteiger partial charge >= 0.3 is 5.97 Å². The van der Waals surface area contributed by atoms with Gasteiger partial charge in [-0.3, -0.25) is 0 Å². The van der Waals surface area contributed by atoms with Crippen LogP contribution in [0.2, 0.25) is 0 Å². The minimum absolute atomic E-state index is 0.311. The van der Waals surface area contributed by atoms with E-state index in [4.69, 9.17) is 10.8 Å². The molecule has 82 valence electrons. The molecule has 0 spiro atoms. The molecule has 2 heterocycles. The molecule has 2 aromatic heterocycles. The van der Waals surface area contributed by atoms with Gasteiger partial charge in [0.1, 0.15) is 11.8 Å². The van der Waals surface area contributed by atoms with Gasteiger partial charge in [-0.1, -0.05) is 6.08 Å². The summed E-state index contributed by atoms with van der Waals surface area (Å²) in [5.74, 6) is -0.676. The van der Waals surface area contributed by atoms with Crippen LogP contribution in [-0.4, -0.2) is 30.6 Å².